The van der Waals surface area contributed by atoms with Gasteiger partial charge in [-0.15, -0.1) is 12.4 Å². The van der Waals surface area contributed by atoms with Gasteiger partial charge in [-0.05, 0) is 13.0 Å². The predicted octanol–water partition coefficient (Wildman–Crippen LogP) is 2.35. The van der Waals surface area contributed by atoms with Crippen LogP contribution in [0.4, 0.5) is 5.82 Å². The van der Waals surface area contributed by atoms with Crippen molar-refractivity contribution >= 4 is 35.1 Å². The van der Waals surface area contributed by atoms with Gasteiger partial charge in [0.1, 0.15) is 11.4 Å². The van der Waals surface area contributed by atoms with Gasteiger partial charge in [0.05, 0.1) is 6.61 Å². The molecule has 0 atom stereocenters. The van der Waals surface area contributed by atoms with Gasteiger partial charge >= 0.3 is 5.97 Å². The van der Waals surface area contributed by atoms with Crippen LogP contribution in [0.3, 0.4) is 0 Å². The SMILES string of the molecule is CCOC(=O)c1c(N)[nH]c2ccccc12.Cl. The molecule has 0 radical (unpaired) electrons. The summed E-state index contributed by atoms with van der Waals surface area (Å²) in [4.78, 5) is 14.6. The van der Waals surface area contributed by atoms with E-state index in [0.717, 1.165) is 10.9 Å². The lowest BCUT2D eigenvalue weighted by atomic mass is 10.1. The van der Waals surface area contributed by atoms with E-state index in [1.165, 1.54) is 0 Å². The molecule has 1 heterocycles. The van der Waals surface area contributed by atoms with E-state index in [1.807, 2.05) is 24.3 Å². The van der Waals surface area contributed by atoms with E-state index < -0.39 is 0 Å². The zero-order valence-electron chi connectivity index (χ0n) is 8.82. The molecule has 0 unspecified atom stereocenters. The number of ether oxygens (including phenoxy) is 1. The van der Waals surface area contributed by atoms with Gasteiger partial charge < -0.3 is 15.5 Å². The molecule has 86 valence electrons. The van der Waals surface area contributed by atoms with Gasteiger partial charge in [0.25, 0.3) is 0 Å². The Hall–Kier alpha value is -1.68. The lowest BCUT2D eigenvalue weighted by Gasteiger charge is -2.00. The molecule has 3 N–H and O–H groups in total. The van der Waals surface area contributed by atoms with Crippen molar-refractivity contribution in [2.24, 2.45) is 0 Å². The van der Waals surface area contributed by atoms with Crippen LogP contribution in [0, 0.1) is 0 Å². The lowest BCUT2D eigenvalue weighted by molar-refractivity contribution is 0.0530. The van der Waals surface area contributed by atoms with E-state index >= 15 is 0 Å². The fraction of sp³-hybridized carbons (Fsp3) is 0.182. The molecule has 16 heavy (non-hydrogen) atoms. The molecule has 5 heteroatoms. The first kappa shape index (κ1) is 12.4. The molecular formula is C11H13ClN2O2. The standard InChI is InChI=1S/C11H12N2O2.ClH/c1-2-15-11(14)9-7-5-3-4-6-8(7)13-10(9)12;/h3-6,13H,2,12H2,1H3;1H. The van der Waals surface area contributed by atoms with Gasteiger partial charge in [-0.3, -0.25) is 0 Å². The second-order valence-corrected chi connectivity index (χ2v) is 3.18. The van der Waals surface area contributed by atoms with Crippen LogP contribution < -0.4 is 5.73 Å². The van der Waals surface area contributed by atoms with E-state index in [9.17, 15) is 4.79 Å². The summed E-state index contributed by atoms with van der Waals surface area (Å²) >= 11 is 0. The van der Waals surface area contributed by atoms with Gasteiger partial charge in [0.15, 0.2) is 0 Å². The molecule has 0 aliphatic heterocycles. The van der Waals surface area contributed by atoms with E-state index in [2.05, 4.69) is 4.98 Å². The second kappa shape index (κ2) is 4.90. The maximum Gasteiger partial charge on any atom is 0.342 e. The summed E-state index contributed by atoms with van der Waals surface area (Å²) in [6, 6.07) is 7.45. The number of para-hydroxylation sites is 1. The van der Waals surface area contributed by atoms with Crippen LogP contribution in [0.1, 0.15) is 17.3 Å². The van der Waals surface area contributed by atoms with E-state index in [4.69, 9.17) is 10.5 Å². The number of nitrogen functional groups attached to an aromatic ring is 1. The van der Waals surface area contributed by atoms with Gasteiger partial charge in [-0.1, -0.05) is 18.2 Å². The minimum absolute atomic E-state index is 0. The Kier molecular flexibility index (Phi) is 3.79. The molecule has 1 aromatic heterocycles. The Balaban J connectivity index is 0.00000128. The molecule has 0 bridgehead atoms. The van der Waals surface area contributed by atoms with Crippen LogP contribution in [0.15, 0.2) is 24.3 Å². The van der Waals surface area contributed by atoms with Gasteiger partial charge in [0, 0.05) is 10.9 Å². The highest BCUT2D eigenvalue weighted by Crippen LogP contribution is 2.24. The zero-order valence-corrected chi connectivity index (χ0v) is 9.64. The third-order valence-corrected chi connectivity index (χ3v) is 2.21. The highest BCUT2D eigenvalue weighted by atomic mass is 35.5. The van der Waals surface area contributed by atoms with Crippen molar-refractivity contribution in [3.05, 3.63) is 29.8 Å². The fourth-order valence-electron chi connectivity index (χ4n) is 1.59. The van der Waals surface area contributed by atoms with Crippen molar-refractivity contribution in [2.75, 3.05) is 12.3 Å². The Labute approximate surface area is 99.2 Å². The van der Waals surface area contributed by atoms with E-state index in [1.54, 1.807) is 6.92 Å². The summed E-state index contributed by atoms with van der Waals surface area (Å²) in [5.41, 5.74) is 7.00. The van der Waals surface area contributed by atoms with Crippen molar-refractivity contribution in [3.63, 3.8) is 0 Å². The highest BCUT2D eigenvalue weighted by molar-refractivity contribution is 6.08. The largest absolute Gasteiger partial charge is 0.462 e. The van der Waals surface area contributed by atoms with Crippen molar-refractivity contribution in [2.45, 2.75) is 6.92 Å². The molecule has 2 rings (SSSR count). The van der Waals surface area contributed by atoms with Crippen molar-refractivity contribution in [3.8, 4) is 0 Å². The monoisotopic (exact) mass is 240 g/mol. The number of fused-ring (bicyclic) bond motifs is 1. The average molecular weight is 241 g/mol. The topological polar surface area (TPSA) is 68.1 Å². The molecule has 0 saturated carbocycles. The molecular weight excluding hydrogens is 228 g/mol. The van der Waals surface area contributed by atoms with Crippen LogP contribution in [0.5, 0.6) is 0 Å². The quantitative estimate of drug-likeness (QED) is 0.792. The molecule has 1 aromatic carbocycles. The molecule has 0 spiro atoms. The Morgan fingerprint density at radius 2 is 2.12 bits per heavy atom. The van der Waals surface area contributed by atoms with Crippen LogP contribution in [-0.4, -0.2) is 17.6 Å². The first-order valence-corrected chi connectivity index (χ1v) is 4.77. The highest BCUT2D eigenvalue weighted by Gasteiger charge is 2.16. The number of hydrogen-bond acceptors (Lipinski definition) is 3. The normalized spacial score (nSPS) is 9.81. The maximum atomic E-state index is 11.6. The van der Waals surface area contributed by atoms with Crippen LogP contribution in [0.2, 0.25) is 0 Å². The number of anilines is 1. The third-order valence-electron chi connectivity index (χ3n) is 2.21. The number of H-pyrrole nitrogens is 1. The molecule has 2 aromatic rings. The Morgan fingerprint density at radius 1 is 1.44 bits per heavy atom. The second-order valence-electron chi connectivity index (χ2n) is 3.18. The number of carbonyl (C=O) groups is 1. The number of nitrogens with one attached hydrogen (secondary N) is 1. The first-order chi connectivity index (χ1) is 7.24. The average Bonchev–Trinajstić information content (AvgIpc) is 2.54. The molecule has 0 fully saturated rings. The van der Waals surface area contributed by atoms with E-state index in [-0.39, 0.29) is 18.4 Å². The number of rotatable bonds is 2. The summed E-state index contributed by atoms with van der Waals surface area (Å²) in [6.45, 7) is 2.11. The molecule has 0 aliphatic rings. The summed E-state index contributed by atoms with van der Waals surface area (Å²) in [5, 5.41) is 0.799. The number of nitrogens with two attached hydrogens (primary N) is 1. The summed E-state index contributed by atoms with van der Waals surface area (Å²) in [5.74, 6) is -0.0258. The van der Waals surface area contributed by atoms with E-state index in [0.29, 0.717) is 18.0 Å². The third kappa shape index (κ3) is 1.97. The smallest absolute Gasteiger partial charge is 0.342 e. The summed E-state index contributed by atoms with van der Waals surface area (Å²) in [6.07, 6.45) is 0. The Bertz CT molecular complexity index is 508. The van der Waals surface area contributed by atoms with Crippen molar-refractivity contribution < 1.29 is 9.53 Å². The molecule has 0 saturated heterocycles. The Morgan fingerprint density at radius 3 is 2.81 bits per heavy atom. The molecule has 0 aliphatic carbocycles. The minimum Gasteiger partial charge on any atom is -0.462 e. The van der Waals surface area contributed by atoms with Crippen LogP contribution >= 0.6 is 12.4 Å². The van der Waals surface area contributed by atoms with Crippen molar-refractivity contribution in [1.29, 1.82) is 0 Å². The number of aromatic nitrogens is 1. The van der Waals surface area contributed by atoms with Crippen LogP contribution in [-0.2, 0) is 4.74 Å². The predicted molar refractivity (Wildman–Crippen MR) is 65.9 cm³/mol. The fourth-order valence-corrected chi connectivity index (χ4v) is 1.59. The summed E-state index contributed by atoms with van der Waals surface area (Å²) in [7, 11) is 0. The minimum atomic E-state index is -0.382. The lowest BCUT2D eigenvalue weighted by Crippen LogP contribution is -2.06. The number of halogens is 1. The van der Waals surface area contributed by atoms with Gasteiger partial charge in [-0.2, -0.15) is 0 Å². The van der Waals surface area contributed by atoms with Gasteiger partial charge in [-0.25, -0.2) is 4.79 Å². The number of hydrogen-bond donors (Lipinski definition) is 2. The zero-order chi connectivity index (χ0) is 10.8. The molecule has 0 amide bonds. The first-order valence-electron chi connectivity index (χ1n) is 4.77. The summed E-state index contributed by atoms with van der Waals surface area (Å²) < 4.78 is 4.94. The van der Waals surface area contributed by atoms with Gasteiger partial charge in [0.2, 0.25) is 0 Å². The number of carbonyl (C=O) groups excluding carboxylic acids is 1. The number of aromatic amines is 1. The maximum absolute atomic E-state index is 11.6. The van der Waals surface area contributed by atoms with Crippen LogP contribution in [0.25, 0.3) is 10.9 Å². The molecule has 4 nitrogen and oxygen atoms in total. The number of benzene rings is 1. The van der Waals surface area contributed by atoms with Crippen molar-refractivity contribution in [1.82, 2.24) is 4.98 Å². The number of esters is 1.